The predicted molar refractivity (Wildman–Crippen MR) is 72.2 cm³/mol. The molecule has 0 aliphatic heterocycles. The molecular weight excluding hydrogens is 222 g/mol. The first-order valence-corrected chi connectivity index (χ1v) is 6.38. The first-order chi connectivity index (χ1) is 8.72. The Morgan fingerprint density at radius 2 is 1.83 bits per heavy atom. The van der Waals surface area contributed by atoms with Gasteiger partial charge in [0.2, 0.25) is 0 Å². The topological polar surface area (TPSA) is 51.8 Å². The molecule has 0 atom stereocenters. The van der Waals surface area contributed by atoms with Crippen molar-refractivity contribution in [1.82, 2.24) is 9.97 Å². The van der Waals surface area contributed by atoms with Gasteiger partial charge in [-0.3, -0.25) is 0 Å². The van der Waals surface area contributed by atoms with Crippen LogP contribution in [0.15, 0.2) is 36.5 Å². The molecule has 0 bridgehead atoms. The highest BCUT2D eigenvalue weighted by Gasteiger charge is 2.29. The number of aromatic nitrogens is 2. The Morgan fingerprint density at radius 3 is 2.50 bits per heavy atom. The molecule has 0 saturated heterocycles. The van der Waals surface area contributed by atoms with E-state index in [2.05, 4.69) is 41.2 Å². The highest BCUT2D eigenvalue weighted by atomic mass is 14.9. The molecule has 1 aliphatic carbocycles. The molecule has 2 aromatic rings. The third kappa shape index (κ3) is 2.14. The van der Waals surface area contributed by atoms with E-state index in [9.17, 15) is 0 Å². The lowest BCUT2D eigenvalue weighted by molar-refractivity contribution is 0.338. The molecule has 0 spiro atoms. The minimum atomic E-state index is 0.335. The lowest BCUT2D eigenvalue weighted by Gasteiger charge is -2.31. The molecule has 0 amide bonds. The third-order valence-corrected chi connectivity index (χ3v) is 3.56. The zero-order valence-electron chi connectivity index (χ0n) is 10.5. The second-order valence-corrected chi connectivity index (χ2v) is 5.09. The van der Waals surface area contributed by atoms with Crippen molar-refractivity contribution in [3.05, 3.63) is 47.9 Å². The van der Waals surface area contributed by atoms with Crippen LogP contribution in [0.4, 0.5) is 0 Å². The first kappa shape index (κ1) is 11.4. The maximum Gasteiger partial charge on any atom is 0.132 e. The van der Waals surface area contributed by atoms with Crippen LogP contribution in [0.2, 0.25) is 0 Å². The summed E-state index contributed by atoms with van der Waals surface area (Å²) in [6, 6.07) is 10.7. The van der Waals surface area contributed by atoms with Crippen molar-refractivity contribution in [3.63, 3.8) is 0 Å². The molecule has 1 fully saturated rings. The molecule has 1 heterocycles. The Morgan fingerprint density at radius 1 is 1.11 bits per heavy atom. The molecule has 0 unspecified atom stereocenters. The van der Waals surface area contributed by atoms with Crippen molar-refractivity contribution < 1.29 is 0 Å². The standard InChI is InChI=1S/C15H17N3/c1-10-2-4-11(5-3-10)14-6-7-17-15(18-14)12-8-13(16)9-12/h2-7,12-13H,8-9,16H2,1H3. The second-order valence-electron chi connectivity index (χ2n) is 5.09. The molecule has 92 valence electrons. The molecule has 3 nitrogen and oxygen atoms in total. The quantitative estimate of drug-likeness (QED) is 0.876. The fourth-order valence-electron chi connectivity index (χ4n) is 2.33. The van der Waals surface area contributed by atoms with Gasteiger partial charge >= 0.3 is 0 Å². The van der Waals surface area contributed by atoms with Crippen LogP contribution in [-0.4, -0.2) is 16.0 Å². The summed E-state index contributed by atoms with van der Waals surface area (Å²) in [7, 11) is 0. The third-order valence-electron chi connectivity index (χ3n) is 3.56. The summed E-state index contributed by atoms with van der Waals surface area (Å²) in [5.41, 5.74) is 9.23. The Labute approximate surface area is 107 Å². The van der Waals surface area contributed by atoms with Crippen LogP contribution in [-0.2, 0) is 0 Å². The van der Waals surface area contributed by atoms with E-state index in [0.29, 0.717) is 12.0 Å². The van der Waals surface area contributed by atoms with Gasteiger partial charge in [0.1, 0.15) is 5.82 Å². The first-order valence-electron chi connectivity index (χ1n) is 6.38. The highest BCUT2D eigenvalue weighted by molar-refractivity contribution is 5.59. The molecule has 3 rings (SSSR count). The smallest absolute Gasteiger partial charge is 0.132 e. The fourth-order valence-corrected chi connectivity index (χ4v) is 2.33. The molecular formula is C15H17N3. The van der Waals surface area contributed by atoms with E-state index in [1.54, 1.807) is 0 Å². The van der Waals surface area contributed by atoms with E-state index in [1.165, 1.54) is 5.56 Å². The average molecular weight is 239 g/mol. The Balaban J connectivity index is 1.89. The van der Waals surface area contributed by atoms with E-state index in [1.807, 2.05) is 12.3 Å². The Kier molecular flexibility index (Phi) is 2.84. The average Bonchev–Trinajstić information content (AvgIpc) is 2.36. The number of aryl methyl sites for hydroxylation is 1. The van der Waals surface area contributed by atoms with E-state index in [0.717, 1.165) is 29.9 Å². The van der Waals surface area contributed by atoms with Gasteiger partial charge < -0.3 is 5.73 Å². The highest BCUT2D eigenvalue weighted by Crippen LogP contribution is 2.34. The summed E-state index contributed by atoms with van der Waals surface area (Å²) in [6.45, 7) is 2.09. The van der Waals surface area contributed by atoms with Crippen molar-refractivity contribution in [3.8, 4) is 11.3 Å². The Bertz CT molecular complexity index is 542. The lowest BCUT2D eigenvalue weighted by Crippen LogP contribution is -2.35. The van der Waals surface area contributed by atoms with E-state index >= 15 is 0 Å². The minimum Gasteiger partial charge on any atom is -0.328 e. The number of nitrogens with two attached hydrogens (primary N) is 1. The summed E-state index contributed by atoms with van der Waals surface area (Å²) in [4.78, 5) is 9.03. The largest absolute Gasteiger partial charge is 0.328 e. The summed E-state index contributed by atoms with van der Waals surface area (Å²) in [5, 5.41) is 0. The van der Waals surface area contributed by atoms with Gasteiger partial charge in [0.05, 0.1) is 5.69 Å². The van der Waals surface area contributed by atoms with Crippen LogP contribution in [0.3, 0.4) is 0 Å². The van der Waals surface area contributed by atoms with E-state index in [4.69, 9.17) is 5.73 Å². The van der Waals surface area contributed by atoms with Crippen LogP contribution in [0, 0.1) is 6.92 Å². The summed E-state index contributed by atoms with van der Waals surface area (Å²) < 4.78 is 0. The Hall–Kier alpha value is -1.74. The zero-order chi connectivity index (χ0) is 12.5. The number of hydrogen-bond acceptors (Lipinski definition) is 3. The van der Waals surface area contributed by atoms with Gasteiger partial charge in [0, 0.05) is 23.7 Å². The van der Waals surface area contributed by atoms with Crippen LogP contribution < -0.4 is 5.73 Å². The second kappa shape index (κ2) is 4.50. The molecule has 1 aromatic carbocycles. The van der Waals surface area contributed by atoms with Crippen LogP contribution in [0.1, 0.15) is 30.1 Å². The number of rotatable bonds is 2. The maximum absolute atomic E-state index is 5.82. The SMILES string of the molecule is Cc1ccc(-c2ccnc(C3CC(N)C3)n2)cc1. The van der Waals surface area contributed by atoms with Crippen LogP contribution >= 0.6 is 0 Å². The lowest BCUT2D eigenvalue weighted by atomic mass is 9.80. The van der Waals surface area contributed by atoms with Crippen molar-refractivity contribution in [2.24, 2.45) is 5.73 Å². The molecule has 3 heteroatoms. The predicted octanol–water partition coefficient (Wildman–Crippen LogP) is 2.66. The van der Waals surface area contributed by atoms with Crippen molar-refractivity contribution >= 4 is 0 Å². The van der Waals surface area contributed by atoms with Crippen molar-refractivity contribution in [2.45, 2.75) is 31.7 Å². The van der Waals surface area contributed by atoms with Gasteiger partial charge in [-0.1, -0.05) is 29.8 Å². The number of benzene rings is 1. The van der Waals surface area contributed by atoms with Gasteiger partial charge in [0.15, 0.2) is 0 Å². The molecule has 18 heavy (non-hydrogen) atoms. The van der Waals surface area contributed by atoms with Crippen molar-refractivity contribution in [1.29, 1.82) is 0 Å². The molecule has 1 aromatic heterocycles. The van der Waals surface area contributed by atoms with Crippen molar-refractivity contribution in [2.75, 3.05) is 0 Å². The summed E-state index contributed by atoms with van der Waals surface area (Å²) in [5.74, 6) is 1.39. The van der Waals surface area contributed by atoms with E-state index < -0.39 is 0 Å². The van der Waals surface area contributed by atoms with Crippen LogP contribution in [0.25, 0.3) is 11.3 Å². The zero-order valence-corrected chi connectivity index (χ0v) is 10.5. The van der Waals surface area contributed by atoms with Gasteiger partial charge in [-0.05, 0) is 25.8 Å². The fraction of sp³-hybridized carbons (Fsp3) is 0.333. The minimum absolute atomic E-state index is 0.335. The number of nitrogens with zero attached hydrogens (tertiary/aromatic N) is 2. The normalized spacial score (nSPS) is 22.6. The van der Waals surface area contributed by atoms with Gasteiger partial charge in [-0.25, -0.2) is 9.97 Å². The molecule has 1 saturated carbocycles. The molecule has 1 aliphatic rings. The van der Waals surface area contributed by atoms with Gasteiger partial charge in [-0.2, -0.15) is 0 Å². The number of hydrogen-bond donors (Lipinski definition) is 1. The van der Waals surface area contributed by atoms with Crippen LogP contribution in [0.5, 0.6) is 0 Å². The monoisotopic (exact) mass is 239 g/mol. The summed E-state index contributed by atoms with van der Waals surface area (Å²) >= 11 is 0. The molecule has 2 N–H and O–H groups in total. The van der Waals surface area contributed by atoms with Gasteiger partial charge in [-0.15, -0.1) is 0 Å². The van der Waals surface area contributed by atoms with Gasteiger partial charge in [0.25, 0.3) is 0 Å². The maximum atomic E-state index is 5.82. The molecule has 0 radical (unpaired) electrons. The van der Waals surface area contributed by atoms with E-state index in [-0.39, 0.29) is 0 Å². The summed E-state index contributed by atoms with van der Waals surface area (Å²) in [6.07, 6.45) is 3.87.